The van der Waals surface area contributed by atoms with Crippen LogP contribution in [0.3, 0.4) is 0 Å². The predicted octanol–water partition coefficient (Wildman–Crippen LogP) is 4.32. The molecule has 2 N–H and O–H groups in total. The average Bonchev–Trinajstić information content (AvgIpc) is 3.49. The number of nitrogens with two attached hydrogens (primary N) is 1. The third-order valence-corrected chi connectivity index (χ3v) is 5.70. The number of hydrogen-bond donors (Lipinski definition) is 1. The summed E-state index contributed by atoms with van der Waals surface area (Å²) in [4.78, 5) is 15.0. The first-order chi connectivity index (χ1) is 14.1. The molecule has 0 bridgehead atoms. The molecule has 1 aromatic heterocycles. The van der Waals surface area contributed by atoms with Gasteiger partial charge in [0.1, 0.15) is 11.4 Å². The number of nitrogen functional groups attached to an aromatic ring is 1. The van der Waals surface area contributed by atoms with E-state index in [9.17, 15) is 4.79 Å². The van der Waals surface area contributed by atoms with Crippen molar-refractivity contribution < 1.29 is 9.53 Å². The van der Waals surface area contributed by atoms with Crippen molar-refractivity contribution >= 4 is 17.3 Å². The summed E-state index contributed by atoms with van der Waals surface area (Å²) in [6.45, 7) is 2.13. The highest BCUT2D eigenvalue weighted by Gasteiger charge is 2.39. The molecule has 6 nitrogen and oxygen atoms in total. The van der Waals surface area contributed by atoms with Crippen molar-refractivity contribution in [1.82, 2.24) is 9.78 Å². The monoisotopic (exact) mass is 388 g/mol. The van der Waals surface area contributed by atoms with Crippen molar-refractivity contribution in [2.24, 2.45) is 5.92 Å². The molecule has 1 aliphatic carbocycles. The summed E-state index contributed by atoms with van der Waals surface area (Å²) in [6.07, 6.45) is 7.14. The van der Waals surface area contributed by atoms with Crippen LogP contribution in [0.4, 0.5) is 11.4 Å². The lowest BCUT2D eigenvalue weighted by Gasteiger charge is -2.36. The van der Waals surface area contributed by atoms with Crippen molar-refractivity contribution in [3.8, 4) is 17.2 Å². The molecule has 0 radical (unpaired) electrons. The SMILES string of the molecule is CC1CCc2c(ccc(-n3cc(N)cn3)c2Oc2ccccc2)N1C(=O)C1CC1. The summed E-state index contributed by atoms with van der Waals surface area (Å²) in [5.74, 6) is 1.89. The van der Waals surface area contributed by atoms with E-state index in [0.717, 1.165) is 54.1 Å². The van der Waals surface area contributed by atoms with Crippen molar-refractivity contribution in [2.45, 2.75) is 38.6 Å². The van der Waals surface area contributed by atoms with E-state index in [1.807, 2.05) is 47.4 Å². The largest absolute Gasteiger partial charge is 0.455 e. The van der Waals surface area contributed by atoms with Crippen molar-refractivity contribution in [3.63, 3.8) is 0 Å². The lowest BCUT2D eigenvalue weighted by molar-refractivity contribution is -0.120. The van der Waals surface area contributed by atoms with Crippen molar-refractivity contribution in [2.75, 3.05) is 10.6 Å². The Morgan fingerprint density at radius 2 is 1.86 bits per heavy atom. The fourth-order valence-corrected chi connectivity index (χ4v) is 4.02. The van der Waals surface area contributed by atoms with Crippen LogP contribution in [-0.4, -0.2) is 21.7 Å². The molecule has 6 heteroatoms. The molecule has 1 amide bonds. The van der Waals surface area contributed by atoms with Gasteiger partial charge in [-0.2, -0.15) is 5.10 Å². The van der Waals surface area contributed by atoms with E-state index in [4.69, 9.17) is 10.5 Å². The summed E-state index contributed by atoms with van der Waals surface area (Å²) in [5.41, 5.74) is 9.31. The van der Waals surface area contributed by atoms with Gasteiger partial charge in [0.25, 0.3) is 0 Å². The van der Waals surface area contributed by atoms with Crippen molar-refractivity contribution in [3.05, 3.63) is 60.4 Å². The molecular weight excluding hydrogens is 364 g/mol. The van der Waals surface area contributed by atoms with Gasteiger partial charge in [-0.05, 0) is 56.9 Å². The number of rotatable bonds is 4. The maximum Gasteiger partial charge on any atom is 0.230 e. The van der Waals surface area contributed by atoms with Gasteiger partial charge in [0, 0.05) is 17.5 Å². The fraction of sp³-hybridized carbons (Fsp3) is 0.304. The zero-order chi connectivity index (χ0) is 20.0. The number of carbonyl (C=O) groups is 1. The van der Waals surface area contributed by atoms with Gasteiger partial charge in [-0.15, -0.1) is 0 Å². The van der Waals surface area contributed by atoms with E-state index in [-0.39, 0.29) is 17.9 Å². The Balaban J connectivity index is 1.65. The number of carbonyl (C=O) groups excluding carboxylic acids is 1. The number of benzene rings is 2. The number of amides is 1. The van der Waals surface area contributed by atoms with Crippen LogP contribution < -0.4 is 15.4 Å². The third-order valence-electron chi connectivity index (χ3n) is 5.70. The number of hydrogen-bond acceptors (Lipinski definition) is 4. The Morgan fingerprint density at radius 3 is 2.55 bits per heavy atom. The molecule has 5 rings (SSSR count). The van der Waals surface area contributed by atoms with Gasteiger partial charge < -0.3 is 15.4 Å². The topological polar surface area (TPSA) is 73.4 Å². The quantitative estimate of drug-likeness (QED) is 0.722. The Labute approximate surface area is 169 Å². The predicted molar refractivity (Wildman–Crippen MR) is 112 cm³/mol. The molecule has 2 aromatic carbocycles. The summed E-state index contributed by atoms with van der Waals surface area (Å²) in [6, 6.07) is 13.9. The standard InChI is InChI=1S/C23H24N4O2/c1-15-7-10-19-20(27(15)23(28)16-8-9-16)11-12-21(26-14-17(24)13-25-26)22(19)29-18-5-3-2-4-6-18/h2-6,11-16H,7-10,24H2,1H3. The second kappa shape index (κ2) is 6.95. The van der Waals surface area contributed by atoms with Crippen LogP contribution in [0.2, 0.25) is 0 Å². The van der Waals surface area contributed by atoms with Gasteiger partial charge >= 0.3 is 0 Å². The summed E-state index contributed by atoms with van der Waals surface area (Å²) in [7, 11) is 0. The minimum Gasteiger partial charge on any atom is -0.455 e. The first-order valence-electron chi connectivity index (χ1n) is 10.1. The lowest BCUT2D eigenvalue weighted by Crippen LogP contribution is -2.43. The highest BCUT2D eigenvalue weighted by atomic mass is 16.5. The molecule has 1 atom stereocenters. The number of nitrogens with zero attached hydrogens (tertiary/aromatic N) is 3. The van der Waals surface area contributed by atoms with Crippen LogP contribution in [0.25, 0.3) is 5.69 Å². The van der Waals surface area contributed by atoms with E-state index >= 15 is 0 Å². The number of para-hydroxylation sites is 1. The number of ether oxygens (including phenoxy) is 1. The fourth-order valence-electron chi connectivity index (χ4n) is 4.02. The Hall–Kier alpha value is -3.28. The van der Waals surface area contributed by atoms with Gasteiger partial charge in [0.05, 0.1) is 23.8 Å². The number of aromatic nitrogens is 2. The van der Waals surface area contributed by atoms with Crippen molar-refractivity contribution in [1.29, 1.82) is 0 Å². The second-order valence-corrected chi connectivity index (χ2v) is 7.92. The Kier molecular flexibility index (Phi) is 4.27. The smallest absolute Gasteiger partial charge is 0.230 e. The highest BCUT2D eigenvalue weighted by molar-refractivity contribution is 5.98. The van der Waals surface area contributed by atoms with E-state index in [0.29, 0.717) is 5.69 Å². The summed E-state index contributed by atoms with van der Waals surface area (Å²) < 4.78 is 8.11. The van der Waals surface area contributed by atoms with Crippen LogP contribution in [-0.2, 0) is 11.2 Å². The van der Waals surface area contributed by atoms with Crippen LogP contribution >= 0.6 is 0 Å². The van der Waals surface area contributed by atoms with E-state index in [1.165, 1.54) is 0 Å². The maximum absolute atomic E-state index is 13.0. The molecule has 2 heterocycles. The maximum atomic E-state index is 13.0. The Bertz CT molecular complexity index is 1060. The average molecular weight is 388 g/mol. The van der Waals surface area contributed by atoms with Crippen LogP contribution in [0.15, 0.2) is 54.9 Å². The number of anilines is 2. The Morgan fingerprint density at radius 1 is 1.10 bits per heavy atom. The second-order valence-electron chi connectivity index (χ2n) is 7.92. The summed E-state index contributed by atoms with van der Waals surface area (Å²) in [5, 5.41) is 4.38. The van der Waals surface area contributed by atoms with Crippen LogP contribution in [0, 0.1) is 5.92 Å². The van der Waals surface area contributed by atoms with E-state index < -0.39 is 0 Å². The lowest BCUT2D eigenvalue weighted by atomic mass is 9.94. The molecule has 148 valence electrons. The highest BCUT2D eigenvalue weighted by Crippen LogP contribution is 2.44. The minimum absolute atomic E-state index is 0.174. The van der Waals surface area contributed by atoms with Gasteiger partial charge in [-0.25, -0.2) is 4.68 Å². The minimum atomic E-state index is 0.174. The molecule has 0 spiro atoms. The van der Waals surface area contributed by atoms with Gasteiger partial charge in [0.2, 0.25) is 5.91 Å². The molecule has 1 fully saturated rings. The van der Waals surface area contributed by atoms with Gasteiger partial charge in [0.15, 0.2) is 5.75 Å². The van der Waals surface area contributed by atoms with Crippen LogP contribution in [0.5, 0.6) is 11.5 Å². The molecular formula is C23H24N4O2. The number of fused-ring (bicyclic) bond motifs is 1. The van der Waals surface area contributed by atoms with E-state index in [2.05, 4.69) is 12.0 Å². The first-order valence-corrected chi connectivity index (χ1v) is 10.1. The molecule has 1 unspecified atom stereocenters. The molecule has 0 saturated heterocycles. The van der Waals surface area contributed by atoms with Crippen LogP contribution in [0.1, 0.15) is 31.7 Å². The zero-order valence-corrected chi connectivity index (χ0v) is 16.4. The van der Waals surface area contributed by atoms with Gasteiger partial charge in [-0.3, -0.25) is 4.79 Å². The molecule has 1 saturated carbocycles. The van der Waals surface area contributed by atoms with Gasteiger partial charge in [-0.1, -0.05) is 18.2 Å². The molecule has 1 aliphatic heterocycles. The molecule has 3 aromatic rings. The van der Waals surface area contributed by atoms with E-state index in [1.54, 1.807) is 17.1 Å². The molecule has 2 aliphatic rings. The molecule has 29 heavy (non-hydrogen) atoms. The summed E-state index contributed by atoms with van der Waals surface area (Å²) >= 11 is 0. The first kappa shape index (κ1) is 17.8. The normalized spacial score (nSPS) is 18.4. The zero-order valence-electron chi connectivity index (χ0n) is 16.4. The third kappa shape index (κ3) is 3.24.